The Hall–Kier alpha value is -1.92. The molecule has 0 amide bonds. The molecule has 0 atom stereocenters. The first kappa shape index (κ1) is 15.5. The minimum atomic E-state index is -0.479. The third-order valence-corrected chi connectivity index (χ3v) is 3.84. The predicted octanol–water partition coefficient (Wildman–Crippen LogP) is 1.64. The molecule has 1 heterocycles. The van der Waals surface area contributed by atoms with Crippen LogP contribution in [0.3, 0.4) is 0 Å². The Labute approximate surface area is 129 Å². The van der Waals surface area contributed by atoms with Crippen LogP contribution in [0.2, 0.25) is 0 Å². The van der Waals surface area contributed by atoms with Gasteiger partial charge < -0.3 is 5.11 Å². The molecule has 5 nitrogen and oxygen atoms in total. The van der Waals surface area contributed by atoms with Gasteiger partial charge in [-0.15, -0.1) is 0 Å². The number of aromatic amines is 1. The first-order valence-electron chi connectivity index (χ1n) is 6.37. The van der Waals surface area contributed by atoms with Gasteiger partial charge in [0.05, 0.1) is 13.2 Å². The van der Waals surface area contributed by atoms with Gasteiger partial charge in [0.25, 0.3) is 5.56 Å². The lowest BCUT2D eigenvalue weighted by Gasteiger charge is -2.11. The highest BCUT2D eigenvalue weighted by atomic mass is 79.9. The smallest absolute Gasteiger partial charge is 0.328 e. The van der Waals surface area contributed by atoms with E-state index in [9.17, 15) is 14.7 Å². The summed E-state index contributed by atoms with van der Waals surface area (Å²) < 4.78 is 2.07. The van der Waals surface area contributed by atoms with Crippen molar-refractivity contribution in [2.75, 3.05) is 6.61 Å². The molecule has 0 aliphatic heterocycles. The number of hydrogen-bond acceptors (Lipinski definition) is 3. The average Bonchev–Trinajstić information content (AvgIpc) is 2.46. The Balaban J connectivity index is 2.42. The molecule has 2 aromatic rings. The molecule has 0 bridgehead atoms. The molecule has 0 fully saturated rings. The first-order chi connectivity index (χ1) is 10.0. The summed E-state index contributed by atoms with van der Waals surface area (Å²) >= 11 is 3.42. The minimum Gasteiger partial charge on any atom is -0.392 e. The Bertz CT molecular complexity index is 775. The fourth-order valence-electron chi connectivity index (χ4n) is 1.95. The van der Waals surface area contributed by atoms with E-state index in [2.05, 4.69) is 20.9 Å². The van der Waals surface area contributed by atoms with Gasteiger partial charge in [0.15, 0.2) is 0 Å². The second-order valence-corrected chi connectivity index (χ2v) is 5.56. The lowest BCUT2D eigenvalue weighted by atomic mass is 10.1. The van der Waals surface area contributed by atoms with E-state index < -0.39 is 5.69 Å². The van der Waals surface area contributed by atoms with Crippen molar-refractivity contribution in [2.24, 2.45) is 0 Å². The maximum Gasteiger partial charge on any atom is 0.328 e. The van der Waals surface area contributed by atoms with Crippen molar-refractivity contribution in [3.63, 3.8) is 0 Å². The number of hydrogen-bond donors (Lipinski definition) is 2. The van der Waals surface area contributed by atoms with E-state index in [-0.39, 0.29) is 18.7 Å². The zero-order chi connectivity index (χ0) is 15.4. The van der Waals surface area contributed by atoms with Crippen LogP contribution in [0.25, 0.3) is 5.57 Å². The normalized spacial score (nSPS) is 12.1. The molecule has 0 saturated carbocycles. The van der Waals surface area contributed by atoms with E-state index in [1.807, 2.05) is 30.3 Å². The second kappa shape index (κ2) is 6.69. The van der Waals surface area contributed by atoms with Gasteiger partial charge >= 0.3 is 5.69 Å². The number of aliphatic hydroxyl groups excluding tert-OH is 1. The van der Waals surface area contributed by atoms with Gasteiger partial charge in [-0.05, 0) is 18.1 Å². The quantitative estimate of drug-likeness (QED) is 0.880. The van der Waals surface area contributed by atoms with Crippen molar-refractivity contribution in [3.8, 4) is 0 Å². The molecule has 1 aromatic carbocycles. The summed E-state index contributed by atoms with van der Waals surface area (Å²) in [6.45, 7) is 1.72. The van der Waals surface area contributed by atoms with Crippen LogP contribution in [0.1, 0.15) is 11.1 Å². The third kappa shape index (κ3) is 3.59. The van der Waals surface area contributed by atoms with Crippen LogP contribution in [0, 0.1) is 6.92 Å². The SMILES string of the molecule is Cc1cn(C/C(Br)=C(\CO)c2ccccc2)c(=O)[nH]c1=O. The molecule has 0 aliphatic carbocycles. The van der Waals surface area contributed by atoms with Gasteiger partial charge in [0.1, 0.15) is 0 Å². The molecule has 2 N–H and O–H groups in total. The predicted molar refractivity (Wildman–Crippen MR) is 85.4 cm³/mol. The van der Waals surface area contributed by atoms with Gasteiger partial charge in [-0.3, -0.25) is 14.3 Å². The highest BCUT2D eigenvalue weighted by Crippen LogP contribution is 2.23. The van der Waals surface area contributed by atoms with Crippen LogP contribution in [0.4, 0.5) is 0 Å². The van der Waals surface area contributed by atoms with Crippen molar-refractivity contribution in [2.45, 2.75) is 13.5 Å². The van der Waals surface area contributed by atoms with Gasteiger partial charge in [-0.1, -0.05) is 46.3 Å². The van der Waals surface area contributed by atoms with Crippen LogP contribution in [0.15, 0.2) is 50.6 Å². The Morgan fingerprint density at radius 2 is 1.95 bits per heavy atom. The fourth-order valence-corrected chi connectivity index (χ4v) is 2.58. The number of nitrogens with one attached hydrogen (secondary N) is 1. The van der Waals surface area contributed by atoms with E-state index in [0.29, 0.717) is 15.6 Å². The maximum absolute atomic E-state index is 11.8. The zero-order valence-electron chi connectivity index (χ0n) is 11.5. The van der Waals surface area contributed by atoms with Crippen molar-refractivity contribution in [1.29, 1.82) is 0 Å². The molecule has 0 spiro atoms. The summed E-state index contributed by atoms with van der Waals surface area (Å²) in [6, 6.07) is 9.41. The van der Waals surface area contributed by atoms with Gasteiger partial charge in [-0.25, -0.2) is 4.79 Å². The van der Waals surface area contributed by atoms with Crippen LogP contribution in [-0.2, 0) is 6.54 Å². The van der Waals surface area contributed by atoms with Gasteiger partial charge in [0.2, 0.25) is 0 Å². The molecule has 0 saturated heterocycles. The highest BCUT2D eigenvalue weighted by molar-refractivity contribution is 9.11. The number of aryl methyl sites for hydroxylation is 1. The van der Waals surface area contributed by atoms with E-state index >= 15 is 0 Å². The molecule has 21 heavy (non-hydrogen) atoms. The largest absolute Gasteiger partial charge is 0.392 e. The van der Waals surface area contributed by atoms with E-state index in [1.54, 1.807) is 6.92 Å². The van der Waals surface area contributed by atoms with Gasteiger partial charge in [0, 0.05) is 16.2 Å². The number of benzene rings is 1. The fraction of sp³-hybridized carbons (Fsp3) is 0.200. The maximum atomic E-state index is 11.8. The number of aliphatic hydroxyl groups is 1. The summed E-state index contributed by atoms with van der Waals surface area (Å²) in [5.41, 5.74) is 1.17. The van der Waals surface area contributed by atoms with Crippen LogP contribution in [0.5, 0.6) is 0 Å². The highest BCUT2D eigenvalue weighted by Gasteiger charge is 2.09. The van der Waals surface area contributed by atoms with E-state index in [4.69, 9.17) is 0 Å². The Morgan fingerprint density at radius 1 is 1.29 bits per heavy atom. The summed E-state index contributed by atoms with van der Waals surface area (Å²) in [5.74, 6) is 0. The van der Waals surface area contributed by atoms with Crippen molar-refractivity contribution in [3.05, 3.63) is 73.0 Å². The molecule has 0 aliphatic rings. The summed E-state index contributed by atoms with van der Waals surface area (Å²) in [6.07, 6.45) is 1.50. The Kier molecular flexibility index (Phi) is 4.93. The third-order valence-electron chi connectivity index (χ3n) is 3.11. The number of rotatable bonds is 4. The first-order valence-corrected chi connectivity index (χ1v) is 7.16. The van der Waals surface area contributed by atoms with Crippen molar-refractivity contribution < 1.29 is 5.11 Å². The molecular weight excluding hydrogens is 336 g/mol. The van der Waals surface area contributed by atoms with Crippen molar-refractivity contribution >= 4 is 21.5 Å². The van der Waals surface area contributed by atoms with Crippen LogP contribution >= 0.6 is 15.9 Å². The number of aromatic nitrogens is 2. The van der Waals surface area contributed by atoms with E-state index in [0.717, 1.165) is 5.56 Å². The summed E-state index contributed by atoms with van der Waals surface area (Å²) in [4.78, 5) is 25.4. The minimum absolute atomic E-state index is 0.151. The molecule has 1 aromatic heterocycles. The Morgan fingerprint density at radius 3 is 2.57 bits per heavy atom. The molecule has 110 valence electrons. The van der Waals surface area contributed by atoms with Gasteiger partial charge in [-0.2, -0.15) is 0 Å². The monoisotopic (exact) mass is 350 g/mol. The number of H-pyrrole nitrogens is 1. The lowest BCUT2D eigenvalue weighted by Crippen LogP contribution is -2.31. The zero-order valence-corrected chi connectivity index (χ0v) is 13.1. The average molecular weight is 351 g/mol. The lowest BCUT2D eigenvalue weighted by molar-refractivity contribution is 0.349. The molecule has 0 radical (unpaired) electrons. The van der Waals surface area contributed by atoms with Crippen LogP contribution in [-0.4, -0.2) is 21.3 Å². The van der Waals surface area contributed by atoms with Crippen LogP contribution < -0.4 is 11.2 Å². The molecule has 6 heteroatoms. The summed E-state index contributed by atoms with van der Waals surface area (Å²) in [7, 11) is 0. The summed E-state index contributed by atoms with van der Waals surface area (Å²) in [5, 5.41) is 9.56. The topological polar surface area (TPSA) is 75.1 Å². The number of nitrogens with zero attached hydrogens (tertiary/aromatic N) is 1. The standard InChI is InChI=1S/C15H15BrN2O3/c1-10-7-18(15(21)17-14(10)20)8-13(16)12(9-19)11-5-3-2-4-6-11/h2-7,19H,8-9H2,1H3,(H,17,20,21)/b13-12-. The molecule has 0 unspecified atom stereocenters. The number of halogens is 1. The van der Waals surface area contributed by atoms with E-state index in [1.165, 1.54) is 10.8 Å². The molecular formula is C15H15BrN2O3. The molecule has 2 rings (SSSR count). The number of allylic oxidation sites excluding steroid dienone is 1. The van der Waals surface area contributed by atoms with Crippen molar-refractivity contribution in [1.82, 2.24) is 9.55 Å². The second-order valence-electron chi connectivity index (χ2n) is 4.61.